The molecule has 2 amide bonds. The van der Waals surface area contributed by atoms with Gasteiger partial charge in [-0.1, -0.05) is 11.6 Å². The van der Waals surface area contributed by atoms with E-state index in [1.165, 1.54) is 4.90 Å². The smallest absolute Gasteiger partial charge is 0.326 e. The number of aryl methyl sites for hydroxylation is 1. The SMILES string of the molecule is Cc1cc(Br)c(NC(=O)N2CCCCC2C(=O)O)cc1Cl. The van der Waals surface area contributed by atoms with E-state index in [0.717, 1.165) is 18.4 Å². The summed E-state index contributed by atoms with van der Waals surface area (Å²) in [5, 5.41) is 12.5. The van der Waals surface area contributed by atoms with E-state index in [1.807, 2.05) is 13.0 Å². The molecule has 2 N–H and O–H groups in total. The summed E-state index contributed by atoms with van der Waals surface area (Å²) in [6.07, 6.45) is 2.12. The Labute approximate surface area is 136 Å². The quantitative estimate of drug-likeness (QED) is 0.824. The monoisotopic (exact) mass is 374 g/mol. The molecule has 0 aliphatic carbocycles. The van der Waals surface area contributed by atoms with Crippen LogP contribution >= 0.6 is 27.5 Å². The molecule has 1 aromatic rings. The maximum absolute atomic E-state index is 12.3. The summed E-state index contributed by atoms with van der Waals surface area (Å²) >= 11 is 9.42. The number of benzene rings is 1. The fourth-order valence-corrected chi connectivity index (χ4v) is 3.08. The van der Waals surface area contributed by atoms with Crippen LogP contribution in [-0.4, -0.2) is 34.6 Å². The van der Waals surface area contributed by atoms with Crippen molar-refractivity contribution < 1.29 is 14.7 Å². The zero-order chi connectivity index (χ0) is 15.6. The molecule has 114 valence electrons. The topological polar surface area (TPSA) is 69.6 Å². The zero-order valence-corrected chi connectivity index (χ0v) is 13.9. The number of hydrogen-bond donors (Lipinski definition) is 2. The predicted octanol–water partition coefficient (Wildman–Crippen LogP) is 3.88. The fraction of sp³-hybridized carbons (Fsp3) is 0.429. The molecule has 0 aromatic heterocycles. The van der Waals surface area contributed by atoms with Crippen molar-refractivity contribution in [2.24, 2.45) is 0 Å². The molecule has 0 radical (unpaired) electrons. The fourth-order valence-electron chi connectivity index (χ4n) is 2.36. The molecule has 1 atom stereocenters. The lowest BCUT2D eigenvalue weighted by atomic mass is 10.0. The highest BCUT2D eigenvalue weighted by Crippen LogP contribution is 2.30. The molecule has 1 heterocycles. The molecule has 1 aromatic carbocycles. The minimum absolute atomic E-state index is 0.414. The number of carboxylic acid groups (broad SMARTS) is 1. The van der Waals surface area contributed by atoms with Gasteiger partial charge in [0.1, 0.15) is 6.04 Å². The van der Waals surface area contributed by atoms with Crippen molar-refractivity contribution in [2.75, 3.05) is 11.9 Å². The first kappa shape index (κ1) is 16.1. The lowest BCUT2D eigenvalue weighted by molar-refractivity contribution is -0.143. The third kappa shape index (κ3) is 3.68. The summed E-state index contributed by atoms with van der Waals surface area (Å²) < 4.78 is 0.710. The van der Waals surface area contributed by atoms with Crippen LogP contribution in [0.15, 0.2) is 16.6 Å². The van der Waals surface area contributed by atoms with Crippen LogP contribution in [0.5, 0.6) is 0 Å². The van der Waals surface area contributed by atoms with E-state index in [0.29, 0.717) is 28.1 Å². The molecule has 21 heavy (non-hydrogen) atoms. The van der Waals surface area contributed by atoms with Crippen LogP contribution in [0.3, 0.4) is 0 Å². The van der Waals surface area contributed by atoms with E-state index in [4.69, 9.17) is 11.6 Å². The molecule has 1 fully saturated rings. The Bertz CT molecular complexity index is 580. The van der Waals surface area contributed by atoms with Gasteiger partial charge in [-0.25, -0.2) is 9.59 Å². The summed E-state index contributed by atoms with van der Waals surface area (Å²) in [4.78, 5) is 24.9. The van der Waals surface area contributed by atoms with Gasteiger partial charge in [0, 0.05) is 16.0 Å². The van der Waals surface area contributed by atoms with Crippen molar-refractivity contribution in [3.8, 4) is 0 Å². The molecule has 1 aliphatic heterocycles. The van der Waals surface area contributed by atoms with Crippen LogP contribution < -0.4 is 5.32 Å². The van der Waals surface area contributed by atoms with E-state index >= 15 is 0 Å². The number of halogens is 2. The predicted molar refractivity (Wildman–Crippen MR) is 84.9 cm³/mol. The van der Waals surface area contributed by atoms with E-state index in [1.54, 1.807) is 6.07 Å². The number of carbonyl (C=O) groups is 2. The Morgan fingerprint density at radius 3 is 2.81 bits per heavy atom. The average Bonchev–Trinajstić information content (AvgIpc) is 2.44. The molecular formula is C14H16BrClN2O3. The highest BCUT2D eigenvalue weighted by atomic mass is 79.9. The maximum atomic E-state index is 12.3. The van der Waals surface area contributed by atoms with Gasteiger partial charge >= 0.3 is 12.0 Å². The minimum Gasteiger partial charge on any atom is -0.480 e. The van der Waals surface area contributed by atoms with Gasteiger partial charge in [-0.2, -0.15) is 0 Å². The minimum atomic E-state index is -0.967. The first-order valence-electron chi connectivity index (χ1n) is 6.66. The van der Waals surface area contributed by atoms with Gasteiger partial charge in [-0.15, -0.1) is 0 Å². The first-order chi connectivity index (χ1) is 9.90. The highest BCUT2D eigenvalue weighted by molar-refractivity contribution is 9.10. The van der Waals surface area contributed by atoms with Gasteiger partial charge < -0.3 is 15.3 Å². The maximum Gasteiger partial charge on any atom is 0.326 e. The largest absolute Gasteiger partial charge is 0.480 e. The molecular weight excluding hydrogens is 360 g/mol. The van der Waals surface area contributed by atoms with Crippen molar-refractivity contribution in [2.45, 2.75) is 32.2 Å². The number of piperidine rings is 1. The Hall–Kier alpha value is -1.27. The normalized spacial score (nSPS) is 18.4. The zero-order valence-electron chi connectivity index (χ0n) is 11.5. The average molecular weight is 376 g/mol. The number of carbonyl (C=O) groups excluding carboxylic acids is 1. The molecule has 0 bridgehead atoms. The number of rotatable bonds is 2. The molecule has 1 aliphatic rings. The second-order valence-corrected chi connectivity index (χ2v) is 6.32. The summed E-state index contributed by atoms with van der Waals surface area (Å²) in [6.45, 7) is 2.31. The number of aliphatic carboxylic acids is 1. The number of urea groups is 1. The molecule has 1 unspecified atom stereocenters. The highest BCUT2D eigenvalue weighted by Gasteiger charge is 2.32. The molecule has 1 saturated heterocycles. The summed E-state index contributed by atoms with van der Waals surface area (Å²) in [7, 11) is 0. The molecule has 5 nitrogen and oxygen atoms in total. The van der Waals surface area contributed by atoms with Crippen LogP contribution in [-0.2, 0) is 4.79 Å². The van der Waals surface area contributed by atoms with Gasteiger partial charge in [0.2, 0.25) is 0 Å². The van der Waals surface area contributed by atoms with Crippen LogP contribution in [0.25, 0.3) is 0 Å². The Balaban J connectivity index is 2.17. The second-order valence-electron chi connectivity index (χ2n) is 5.05. The van der Waals surface area contributed by atoms with Crippen LogP contribution in [0.4, 0.5) is 10.5 Å². The number of nitrogens with one attached hydrogen (secondary N) is 1. The van der Waals surface area contributed by atoms with Crippen LogP contribution in [0.2, 0.25) is 5.02 Å². The third-order valence-corrected chi connectivity index (χ3v) is 4.60. The molecule has 0 spiro atoms. The van der Waals surface area contributed by atoms with E-state index in [2.05, 4.69) is 21.2 Å². The first-order valence-corrected chi connectivity index (χ1v) is 7.83. The van der Waals surface area contributed by atoms with Gasteiger partial charge in [-0.05, 0) is 59.8 Å². The molecule has 7 heteroatoms. The summed E-state index contributed by atoms with van der Waals surface area (Å²) in [5.74, 6) is -0.967. The van der Waals surface area contributed by atoms with E-state index in [9.17, 15) is 14.7 Å². The van der Waals surface area contributed by atoms with Gasteiger partial charge in [0.15, 0.2) is 0 Å². The third-order valence-electron chi connectivity index (χ3n) is 3.54. The Morgan fingerprint density at radius 1 is 1.43 bits per heavy atom. The van der Waals surface area contributed by atoms with Crippen LogP contribution in [0.1, 0.15) is 24.8 Å². The van der Waals surface area contributed by atoms with Gasteiger partial charge in [0.25, 0.3) is 0 Å². The van der Waals surface area contributed by atoms with E-state index in [-0.39, 0.29) is 0 Å². The Kier molecular flexibility index (Phi) is 5.11. The number of likely N-dealkylation sites (tertiary alicyclic amines) is 1. The molecule has 2 rings (SSSR count). The summed E-state index contributed by atoms with van der Waals surface area (Å²) in [6, 6.07) is 2.28. The summed E-state index contributed by atoms with van der Waals surface area (Å²) in [5.41, 5.74) is 1.42. The van der Waals surface area contributed by atoms with E-state index < -0.39 is 18.0 Å². The van der Waals surface area contributed by atoms with Crippen molar-refractivity contribution in [3.63, 3.8) is 0 Å². The van der Waals surface area contributed by atoms with Crippen molar-refractivity contribution in [1.29, 1.82) is 0 Å². The van der Waals surface area contributed by atoms with Crippen molar-refractivity contribution in [1.82, 2.24) is 4.90 Å². The molecule has 0 saturated carbocycles. The lowest BCUT2D eigenvalue weighted by Crippen LogP contribution is -2.49. The van der Waals surface area contributed by atoms with Gasteiger partial charge in [0.05, 0.1) is 5.69 Å². The van der Waals surface area contributed by atoms with Gasteiger partial charge in [-0.3, -0.25) is 0 Å². The lowest BCUT2D eigenvalue weighted by Gasteiger charge is -2.33. The van der Waals surface area contributed by atoms with Crippen LogP contribution in [0, 0.1) is 6.92 Å². The Morgan fingerprint density at radius 2 is 2.14 bits per heavy atom. The standard InChI is InChI=1S/C14H16BrClN2O3/c1-8-6-9(15)11(7-10(8)16)17-14(21)18-5-3-2-4-12(18)13(19)20/h6-7,12H,2-5H2,1H3,(H,17,21)(H,19,20). The number of amides is 2. The van der Waals surface area contributed by atoms with Crippen molar-refractivity contribution >= 4 is 45.2 Å². The number of carboxylic acids is 1. The number of anilines is 1. The number of nitrogens with zero attached hydrogens (tertiary/aromatic N) is 1. The van der Waals surface area contributed by atoms with Crippen molar-refractivity contribution in [3.05, 3.63) is 27.2 Å². The second kappa shape index (κ2) is 6.66. The number of hydrogen-bond acceptors (Lipinski definition) is 2.